The van der Waals surface area contributed by atoms with Gasteiger partial charge in [-0.05, 0) is 18.2 Å². The number of thiocarbonyl (C=S) groups is 1. The van der Waals surface area contributed by atoms with Crippen LogP contribution in [0.1, 0.15) is 0 Å². The van der Waals surface area contributed by atoms with E-state index in [9.17, 15) is 8.42 Å². The Hall–Kier alpha value is -0.400. The highest BCUT2D eigenvalue weighted by Crippen LogP contribution is 2.24. The van der Waals surface area contributed by atoms with Gasteiger partial charge < -0.3 is 5.73 Å². The molecule has 0 amide bonds. The van der Waals surface area contributed by atoms with E-state index in [1.807, 2.05) is 0 Å². The van der Waals surface area contributed by atoms with Gasteiger partial charge in [0.1, 0.15) is 0 Å². The molecule has 2 N–H and O–H groups in total. The van der Waals surface area contributed by atoms with Crippen molar-refractivity contribution in [2.45, 2.75) is 4.90 Å². The third-order valence-corrected chi connectivity index (χ3v) is 4.27. The maximum absolute atomic E-state index is 12.1. The predicted molar refractivity (Wildman–Crippen MR) is 73.1 cm³/mol. The first-order valence-corrected chi connectivity index (χ1v) is 7.04. The zero-order valence-electron chi connectivity index (χ0n) is 8.85. The average Bonchev–Trinajstić information content (AvgIpc) is 2.14. The van der Waals surface area contributed by atoms with Gasteiger partial charge in [0.05, 0.1) is 16.4 Å². The summed E-state index contributed by atoms with van der Waals surface area (Å²) in [5, 5.41) is 0.500. The third-order valence-electron chi connectivity index (χ3n) is 1.92. The molecule has 4 nitrogen and oxygen atoms in total. The molecule has 0 unspecified atom stereocenters. The van der Waals surface area contributed by atoms with Crippen LogP contribution in [-0.2, 0) is 10.0 Å². The SMILES string of the molecule is CN(CC(N)=S)S(=O)(=O)c1cc(Cl)cc(Cl)c1. The molecule has 0 saturated carbocycles. The van der Waals surface area contributed by atoms with Crippen LogP contribution >= 0.6 is 35.4 Å². The number of likely N-dealkylation sites (N-methyl/N-ethyl adjacent to an activating group) is 1. The van der Waals surface area contributed by atoms with Gasteiger partial charge >= 0.3 is 0 Å². The number of hydrogen-bond donors (Lipinski definition) is 1. The molecule has 0 bridgehead atoms. The van der Waals surface area contributed by atoms with Crippen LogP contribution in [0.15, 0.2) is 23.1 Å². The zero-order valence-corrected chi connectivity index (χ0v) is 12.0. The molecule has 0 aliphatic rings. The normalized spacial score (nSPS) is 11.8. The van der Waals surface area contributed by atoms with Crippen molar-refractivity contribution in [1.82, 2.24) is 4.31 Å². The fourth-order valence-electron chi connectivity index (χ4n) is 1.16. The molecule has 0 saturated heterocycles. The van der Waals surface area contributed by atoms with Crippen molar-refractivity contribution in [1.29, 1.82) is 0 Å². The molecule has 1 rings (SSSR count). The summed E-state index contributed by atoms with van der Waals surface area (Å²) in [5.41, 5.74) is 5.30. The Labute approximate surface area is 115 Å². The van der Waals surface area contributed by atoms with E-state index in [2.05, 4.69) is 12.2 Å². The van der Waals surface area contributed by atoms with Gasteiger partial charge in [-0.25, -0.2) is 8.42 Å². The van der Waals surface area contributed by atoms with Crippen LogP contribution in [-0.4, -0.2) is 31.3 Å². The van der Waals surface area contributed by atoms with Crippen LogP contribution in [0.25, 0.3) is 0 Å². The molecule has 1 aromatic carbocycles. The molecule has 17 heavy (non-hydrogen) atoms. The second kappa shape index (κ2) is 5.49. The monoisotopic (exact) mass is 312 g/mol. The average molecular weight is 313 g/mol. The number of halogens is 2. The topological polar surface area (TPSA) is 63.4 Å². The molecule has 0 aliphatic heterocycles. The first-order chi connectivity index (χ1) is 7.73. The van der Waals surface area contributed by atoms with Crippen LogP contribution in [0.5, 0.6) is 0 Å². The van der Waals surface area contributed by atoms with Crippen molar-refractivity contribution in [3.63, 3.8) is 0 Å². The summed E-state index contributed by atoms with van der Waals surface area (Å²) in [6.45, 7) is -0.0399. The first-order valence-electron chi connectivity index (χ1n) is 4.44. The Morgan fingerprint density at radius 1 is 1.35 bits per heavy atom. The molecule has 0 spiro atoms. The lowest BCUT2D eigenvalue weighted by Crippen LogP contribution is -2.34. The van der Waals surface area contributed by atoms with E-state index in [1.165, 1.54) is 25.2 Å². The van der Waals surface area contributed by atoms with Crippen molar-refractivity contribution >= 4 is 50.4 Å². The van der Waals surface area contributed by atoms with E-state index in [-0.39, 0.29) is 26.5 Å². The Bertz CT molecular complexity index is 526. The lowest BCUT2D eigenvalue weighted by Gasteiger charge is -2.16. The summed E-state index contributed by atoms with van der Waals surface area (Å²) in [5.74, 6) is 0. The first kappa shape index (κ1) is 14.7. The number of nitrogens with zero attached hydrogens (tertiary/aromatic N) is 1. The number of nitrogens with two attached hydrogens (primary N) is 1. The van der Waals surface area contributed by atoms with E-state index >= 15 is 0 Å². The van der Waals surface area contributed by atoms with Crippen molar-refractivity contribution in [2.24, 2.45) is 5.73 Å². The van der Waals surface area contributed by atoms with E-state index in [0.29, 0.717) is 0 Å². The zero-order chi connectivity index (χ0) is 13.2. The molecule has 94 valence electrons. The minimum Gasteiger partial charge on any atom is -0.392 e. The van der Waals surface area contributed by atoms with Gasteiger partial charge in [0.25, 0.3) is 0 Å². The summed E-state index contributed by atoms with van der Waals surface area (Å²) in [7, 11) is -2.30. The second-order valence-electron chi connectivity index (χ2n) is 3.33. The van der Waals surface area contributed by atoms with Gasteiger partial charge in [-0.3, -0.25) is 0 Å². The molecular weight excluding hydrogens is 303 g/mol. The number of sulfonamides is 1. The van der Waals surface area contributed by atoms with Crippen molar-refractivity contribution < 1.29 is 8.42 Å². The predicted octanol–water partition coefficient (Wildman–Crippen LogP) is 1.90. The highest BCUT2D eigenvalue weighted by molar-refractivity contribution is 7.89. The number of benzene rings is 1. The molecule has 0 heterocycles. The lowest BCUT2D eigenvalue weighted by molar-refractivity contribution is 0.506. The third kappa shape index (κ3) is 3.79. The van der Waals surface area contributed by atoms with Gasteiger partial charge in [-0.1, -0.05) is 35.4 Å². The van der Waals surface area contributed by atoms with Crippen LogP contribution in [0, 0.1) is 0 Å². The molecule has 1 aromatic rings. The number of rotatable bonds is 4. The Kier molecular flexibility index (Phi) is 4.74. The van der Waals surface area contributed by atoms with Crippen LogP contribution in [0.2, 0.25) is 10.0 Å². The smallest absolute Gasteiger partial charge is 0.243 e. The maximum atomic E-state index is 12.1. The highest BCUT2D eigenvalue weighted by Gasteiger charge is 2.22. The Morgan fingerprint density at radius 3 is 2.24 bits per heavy atom. The molecule has 0 aromatic heterocycles. The molecule has 0 aliphatic carbocycles. The summed E-state index contributed by atoms with van der Waals surface area (Å²) < 4.78 is 25.2. The maximum Gasteiger partial charge on any atom is 0.243 e. The van der Waals surface area contributed by atoms with Gasteiger partial charge in [-0.15, -0.1) is 0 Å². The lowest BCUT2D eigenvalue weighted by atomic mass is 10.4. The Balaban J connectivity index is 3.17. The van der Waals surface area contributed by atoms with Crippen LogP contribution in [0.3, 0.4) is 0 Å². The Morgan fingerprint density at radius 2 is 1.82 bits per heavy atom. The minimum absolute atomic E-state index is 0.00810. The van der Waals surface area contributed by atoms with E-state index in [0.717, 1.165) is 4.31 Å². The van der Waals surface area contributed by atoms with Crippen LogP contribution < -0.4 is 5.73 Å². The molecule has 0 fully saturated rings. The van der Waals surface area contributed by atoms with E-state index in [4.69, 9.17) is 28.9 Å². The van der Waals surface area contributed by atoms with Gasteiger partial charge in [0, 0.05) is 17.1 Å². The molecular formula is C9H10Cl2N2O2S2. The summed E-state index contributed by atoms with van der Waals surface area (Å²) in [6.07, 6.45) is 0. The highest BCUT2D eigenvalue weighted by atomic mass is 35.5. The van der Waals surface area contributed by atoms with Crippen molar-refractivity contribution in [3.8, 4) is 0 Å². The summed E-state index contributed by atoms with van der Waals surface area (Å²) in [6, 6.07) is 4.09. The summed E-state index contributed by atoms with van der Waals surface area (Å²) >= 11 is 16.2. The summed E-state index contributed by atoms with van der Waals surface area (Å²) in [4.78, 5) is 0.0953. The molecule has 0 atom stereocenters. The van der Waals surface area contributed by atoms with Crippen molar-refractivity contribution in [2.75, 3.05) is 13.6 Å². The number of hydrogen-bond acceptors (Lipinski definition) is 3. The standard InChI is InChI=1S/C9H10Cl2N2O2S2/c1-13(5-9(12)16)17(14,15)8-3-6(10)2-7(11)4-8/h2-4H,5H2,1H3,(H2,12,16). The fourth-order valence-corrected chi connectivity index (χ4v) is 3.31. The second-order valence-corrected chi connectivity index (χ2v) is 6.77. The van der Waals surface area contributed by atoms with Gasteiger partial charge in [0.15, 0.2) is 0 Å². The van der Waals surface area contributed by atoms with Gasteiger partial charge in [0.2, 0.25) is 10.0 Å². The van der Waals surface area contributed by atoms with E-state index < -0.39 is 10.0 Å². The quantitative estimate of drug-likeness (QED) is 0.862. The molecule has 0 radical (unpaired) electrons. The minimum atomic E-state index is -3.68. The van der Waals surface area contributed by atoms with Gasteiger partial charge in [-0.2, -0.15) is 4.31 Å². The van der Waals surface area contributed by atoms with Crippen LogP contribution in [0.4, 0.5) is 0 Å². The largest absolute Gasteiger partial charge is 0.392 e. The van der Waals surface area contributed by atoms with E-state index in [1.54, 1.807) is 0 Å². The van der Waals surface area contributed by atoms with Crippen molar-refractivity contribution in [3.05, 3.63) is 28.2 Å². The fraction of sp³-hybridized carbons (Fsp3) is 0.222. The molecule has 8 heteroatoms.